The number of nitrogens with one attached hydrogen (secondary N) is 1. The normalized spacial score (nSPS) is 12.2. The molecule has 0 saturated heterocycles. The van der Waals surface area contributed by atoms with Gasteiger partial charge in [-0.1, -0.05) is 24.3 Å². The van der Waals surface area contributed by atoms with E-state index >= 15 is 0 Å². The molecule has 9 nitrogen and oxygen atoms in total. The number of carbonyl (C=O) groups is 2. The van der Waals surface area contributed by atoms with E-state index < -0.39 is 23.7 Å². The Morgan fingerprint density at radius 1 is 1.30 bits per heavy atom. The summed E-state index contributed by atoms with van der Waals surface area (Å²) in [6.45, 7) is 5.11. The zero-order valence-corrected chi connectivity index (χ0v) is 16.8. The summed E-state index contributed by atoms with van der Waals surface area (Å²) >= 11 is 0. The zero-order valence-electron chi connectivity index (χ0n) is 16.8. The number of fused-ring (bicyclic) bond motifs is 1. The van der Waals surface area contributed by atoms with Gasteiger partial charge in [-0.3, -0.25) is 0 Å². The summed E-state index contributed by atoms with van der Waals surface area (Å²) in [6.07, 6.45) is 2.70. The maximum Gasteiger partial charge on any atom is 0.408 e. The van der Waals surface area contributed by atoms with E-state index in [0.29, 0.717) is 11.2 Å². The largest absolute Gasteiger partial charge is 0.480 e. The van der Waals surface area contributed by atoms with Gasteiger partial charge in [0.1, 0.15) is 17.7 Å². The Hall–Kier alpha value is -3.93. The Balaban J connectivity index is 1.81. The number of benzene rings is 1. The van der Waals surface area contributed by atoms with Crippen molar-refractivity contribution in [1.29, 1.82) is 5.26 Å². The summed E-state index contributed by atoms with van der Waals surface area (Å²) in [5.74, 6) is -1.16. The van der Waals surface area contributed by atoms with Gasteiger partial charge < -0.3 is 15.2 Å². The standard InChI is InChI=1S/C21H21N5O4/c1-21(2,3)30-20(29)24-17(19(27)28)8-13-5-4-6-14(7-13)15-11-23-18-9-16(10-22)25-26(18)12-15/h4-7,9,11-12,17H,8H2,1-3H3,(H,24,29)(H,27,28)/t17-/m0/s1. The van der Waals surface area contributed by atoms with Crippen molar-refractivity contribution >= 4 is 17.7 Å². The number of ether oxygens (including phenoxy) is 1. The molecule has 0 aliphatic rings. The van der Waals surface area contributed by atoms with Crippen LogP contribution in [-0.4, -0.2) is 43.4 Å². The van der Waals surface area contributed by atoms with Crippen molar-refractivity contribution in [3.05, 3.63) is 54.0 Å². The summed E-state index contributed by atoms with van der Waals surface area (Å²) in [5.41, 5.74) is 2.37. The van der Waals surface area contributed by atoms with Gasteiger partial charge in [-0.2, -0.15) is 10.4 Å². The van der Waals surface area contributed by atoms with Crippen LogP contribution in [0, 0.1) is 11.3 Å². The van der Waals surface area contributed by atoms with E-state index in [9.17, 15) is 14.7 Å². The average molecular weight is 407 g/mol. The summed E-state index contributed by atoms with van der Waals surface area (Å²) in [4.78, 5) is 27.9. The predicted octanol–water partition coefficient (Wildman–Crippen LogP) is 2.79. The van der Waals surface area contributed by atoms with E-state index in [1.54, 1.807) is 51.4 Å². The van der Waals surface area contributed by atoms with Crippen LogP contribution < -0.4 is 5.32 Å². The van der Waals surface area contributed by atoms with Gasteiger partial charge in [0.15, 0.2) is 11.3 Å². The number of carboxylic acids is 1. The summed E-state index contributed by atoms with van der Waals surface area (Å²) in [5, 5.41) is 25.0. The molecule has 0 fully saturated rings. The molecule has 9 heteroatoms. The molecule has 154 valence electrons. The van der Waals surface area contributed by atoms with Gasteiger partial charge in [0, 0.05) is 30.4 Å². The Labute approximate surface area is 172 Å². The van der Waals surface area contributed by atoms with E-state index in [0.717, 1.165) is 11.1 Å². The second-order valence-electron chi connectivity index (χ2n) is 7.73. The SMILES string of the molecule is CC(C)(C)OC(=O)N[C@@H](Cc1cccc(-c2cnc3cc(C#N)nn3c2)c1)C(=O)O. The molecule has 1 atom stereocenters. The Kier molecular flexibility index (Phi) is 5.69. The first-order valence-electron chi connectivity index (χ1n) is 9.22. The number of amides is 1. The van der Waals surface area contributed by atoms with Gasteiger partial charge >= 0.3 is 12.1 Å². The predicted molar refractivity (Wildman–Crippen MR) is 108 cm³/mol. The molecule has 0 radical (unpaired) electrons. The topological polar surface area (TPSA) is 130 Å². The lowest BCUT2D eigenvalue weighted by molar-refractivity contribution is -0.139. The Morgan fingerprint density at radius 3 is 2.73 bits per heavy atom. The third-order valence-electron chi connectivity index (χ3n) is 4.12. The molecule has 30 heavy (non-hydrogen) atoms. The maximum atomic E-state index is 12.0. The highest BCUT2D eigenvalue weighted by Crippen LogP contribution is 2.21. The molecule has 3 rings (SSSR count). The number of hydrogen-bond donors (Lipinski definition) is 2. The van der Waals surface area contributed by atoms with Crippen LogP contribution in [-0.2, 0) is 16.0 Å². The lowest BCUT2D eigenvalue weighted by atomic mass is 10.0. The molecule has 2 heterocycles. The fourth-order valence-corrected chi connectivity index (χ4v) is 2.84. The van der Waals surface area contributed by atoms with Gasteiger partial charge in [0.2, 0.25) is 0 Å². The molecule has 0 saturated carbocycles. The highest BCUT2D eigenvalue weighted by atomic mass is 16.6. The van der Waals surface area contributed by atoms with Gasteiger partial charge in [-0.05, 0) is 31.9 Å². The number of aromatic nitrogens is 3. The minimum atomic E-state index is -1.16. The number of rotatable bonds is 5. The van der Waals surface area contributed by atoms with Gasteiger partial charge in [0.05, 0.1) is 0 Å². The molecule has 3 aromatic rings. The first-order chi connectivity index (χ1) is 14.1. The summed E-state index contributed by atoms with van der Waals surface area (Å²) in [6, 6.07) is 9.68. The lowest BCUT2D eigenvalue weighted by Gasteiger charge is -2.22. The number of carboxylic acid groups (broad SMARTS) is 1. The van der Waals surface area contributed by atoms with Crippen LogP contribution in [0.5, 0.6) is 0 Å². The van der Waals surface area contributed by atoms with Crippen LogP contribution >= 0.6 is 0 Å². The van der Waals surface area contributed by atoms with Crippen LogP contribution in [0.15, 0.2) is 42.7 Å². The number of aliphatic carboxylic acids is 1. The average Bonchev–Trinajstić information content (AvgIpc) is 3.08. The van der Waals surface area contributed by atoms with Crippen molar-refractivity contribution in [3.8, 4) is 17.2 Å². The zero-order chi connectivity index (χ0) is 21.9. The minimum Gasteiger partial charge on any atom is -0.480 e. The number of nitrogens with zero attached hydrogens (tertiary/aromatic N) is 4. The Bertz CT molecular complexity index is 1140. The molecular weight excluding hydrogens is 386 g/mol. The fourth-order valence-electron chi connectivity index (χ4n) is 2.84. The highest BCUT2D eigenvalue weighted by molar-refractivity contribution is 5.80. The second kappa shape index (κ2) is 8.21. The van der Waals surface area contributed by atoms with Crippen LogP contribution in [0.4, 0.5) is 4.79 Å². The highest BCUT2D eigenvalue weighted by Gasteiger charge is 2.24. The van der Waals surface area contributed by atoms with E-state index in [2.05, 4.69) is 15.4 Å². The first kappa shape index (κ1) is 20.8. The van der Waals surface area contributed by atoms with E-state index in [-0.39, 0.29) is 12.1 Å². The van der Waals surface area contributed by atoms with E-state index in [1.165, 1.54) is 4.52 Å². The summed E-state index contributed by atoms with van der Waals surface area (Å²) < 4.78 is 6.67. The number of nitriles is 1. The molecule has 1 aromatic carbocycles. The van der Waals surface area contributed by atoms with Crippen LogP contribution in [0.3, 0.4) is 0 Å². The van der Waals surface area contributed by atoms with Gasteiger partial charge in [0.25, 0.3) is 0 Å². The quantitative estimate of drug-likeness (QED) is 0.665. The van der Waals surface area contributed by atoms with Gasteiger partial charge in [-0.25, -0.2) is 19.1 Å². The van der Waals surface area contributed by atoms with Crippen LogP contribution in [0.2, 0.25) is 0 Å². The number of carbonyl (C=O) groups excluding carboxylic acids is 1. The molecule has 1 amide bonds. The monoisotopic (exact) mass is 407 g/mol. The number of hydrogen-bond acceptors (Lipinski definition) is 6. The maximum absolute atomic E-state index is 12.0. The van der Waals surface area contributed by atoms with Crippen LogP contribution in [0.25, 0.3) is 16.8 Å². The number of alkyl carbamates (subject to hydrolysis) is 1. The first-order valence-corrected chi connectivity index (χ1v) is 9.22. The van der Waals surface area contributed by atoms with Crippen molar-refractivity contribution < 1.29 is 19.4 Å². The smallest absolute Gasteiger partial charge is 0.408 e. The lowest BCUT2D eigenvalue weighted by Crippen LogP contribution is -2.44. The van der Waals surface area contributed by atoms with Crippen molar-refractivity contribution in [1.82, 2.24) is 19.9 Å². The van der Waals surface area contributed by atoms with E-state index in [4.69, 9.17) is 10.00 Å². The molecular formula is C21H21N5O4. The van der Waals surface area contributed by atoms with Gasteiger partial charge in [-0.15, -0.1) is 0 Å². The fraction of sp³-hybridized carbons (Fsp3) is 0.286. The molecule has 0 aliphatic heterocycles. The van der Waals surface area contributed by atoms with E-state index in [1.807, 2.05) is 18.2 Å². The Morgan fingerprint density at radius 2 is 2.07 bits per heavy atom. The molecule has 0 aliphatic carbocycles. The van der Waals surface area contributed by atoms with Crippen molar-refractivity contribution in [2.45, 2.75) is 38.8 Å². The molecule has 0 unspecified atom stereocenters. The van der Waals surface area contributed by atoms with Crippen molar-refractivity contribution in [3.63, 3.8) is 0 Å². The molecule has 2 N–H and O–H groups in total. The second-order valence-corrected chi connectivity index (χ2v) is 7.73. The van der Waals surface area contributed by atoms with Crippen molar-refractivity contribution in [2.24, 2.45) is 0 Å². The third kappa shape index (κ3) is 5.11. The molecule has 0 spiro atoms. The summed E-state index contributed by atoms with van der Waals surface area (Å²) in [7, 11) is 0. The molecule has 2 aromatic heterocycles. The molecule has 0 bridgehead atoms. The van der Waals surface area contributed by atoms with Crippen molar-refractivity contribution in [2.75, 3.05) is 0 Å². The van der Waals surface area contributed by atoms with Crippen LogP contribution in [0.1, 0.15) is 32.0 Å². The minimum absolute atomic E-state index is 0.0818. The third-order valence-corrected chi connectivity index (χ3v) is 4.12.